The van der Waals surface area contributed by atoms with Gasteiger partial charge in [-0.25, -0.2) is 4.98 Å². The van der Waals surface area contributed by atoms with Crippen LogP contribution in [0.5, 0.6) is 5.75 Å². The molecule has 0 saturated heterocycles. The molecular weight excluding hydrogens is 290 g/mol. The van der Waals surface area contributed by atoms with Gasteiger partial charge in [-0.05, 0) is 12.1 Å². The molecule has 1 heterocycles. The molecule has 2 rings (SSSR count). The Kier molecular flexibility index (Phi) is 3.94. The summed E-state index contributed by atoms with van der Waals surface area (Å²) in [5.74, 6) is -0.603. The van der Waals surface area contributed by atoms with E-state index in [1.165, 1.54) is 11.3 Å². The molecule has 1 atom stereocenters. The lowest BCUT2D eigenvalue weighted by atomic mass is 10.1. The Hall–Kier alpha value is -1.05. The van der Waals surface area contributed by atoms with Crippen molar-refractivity contribution in [3.8, 4) is 5.75 Å². The summed E-state index contributed by atoms with van der Waals surface area (Å²) in [4.78, 5) is 26.7. The van der Waals surface area contributed by atoms with Crippen LogP contribution in [0.3, 0.4) is 0 Å². The average molecular weight is 299 g/mol. The molecule has 1 unspecified atom stereocenters. The van der Waals surface area contributed by atoms with Crippen molar-refractivity contribution in [2.24, 2.45) is 0 Å². The van der Waals surface area contributed by atoms with Crippen LogP contribution in [0, 0.1) is 0 Å². The topological polar surface area (TPSA) is 67.3 Å². The van der Waals surface area contributed by atoms with Crippen molar-refractivity contribution in [3.05, 3.63) is 23.2 Å². The zero-order valence-electron chi connectivity index (χ0n) is 9.03. The molecule has 94 valence electrons. The van der Waals surface area contributed by atoms with Crippen LogP contribution in [0.15, 0.2) is 18.2 Å². The number of carbonyl (C=O) groups excluding carboxylic acids is 2. The summed E-state index contributed by atoms with van der Waals surface area (Å²) in [5, 5.41) is 9.31. The van der Waals surface area contributed by atoms with Gasteiger partial charge in [0.1, 0.15) is 10.8 Å². The molecule has 2 aromatic rings. The zero-order chi connectivity index (χ0) is 13.3. The maximum Gasteiger partial charge on any atom is 0.196 e. The fourth-order valence-corrected chi connectivity index (χ4v) is 3.12. The number of rotatable bonds is 4. The monoisotopic (exact) mass is 299 g/mol. The first kappa shape index (κ1) is 13.4. The minimum absolute atomic E-state index is 0.0496. The second-order valence-corrected chi connectivity index (χ2v) is 5.64. The van der Waals surface area contributed by atoms with Crippen LogP contribution in [-0.4, -0.2) is 20.3 Å². The van der Waals surface area contributed by atoms with Gasteiger partial charge in [0.25, 0.3) is 0 Å². The smallest absolute Gasteiger partial charge is 0.196 e. The van der Waals surface area contributed by atoms with Gasteiger partial charge in [-0.15, -0.1) is 36.6 Å². The van der Waals surface area contributed by atoms with Gasteiger partial charge in [-0.3, -0.25) is 9.59 Å². The highest BCUT2D eigenvalue weighted by molar-refractivity contribution is 7.97. The predicted octanol–water partition coefficient (Wildman–Crippen LogP) is 2.39. The molecule has 0 saturated carbocycles. The summed E-state index contributed by atoms with van der Waals surface area (Å²) in [6, 6.07) is 4.95. The highest BCUT2D eigenvalue weighted by Crippen LogP contribution is 2.35. The lowest BCUT2D eigenvalue weighted by molar-refractivity contribution is -0.116. The first-order chi connectivity index (χ1) is 8.49. The fraction of sp³-hybridized carbons (Fsp3) is 0.182. The number of carbonyl (C=O) groups is 2. The normalized spacial score (nSPS) is 12.6. The number of phenols is 1. The SMILES string of the molecule is O=C(S)CC(C(=O)S)c1nc2cccc(O)c2s1. The van der Waals surface area contributed by atoms with Crippen molar-refractivity contribution in [1.82, 2.24) is 4.98 Å². The van der Waals surface area contributed by atoms with Crippen molar-refractivity contribution in [2.45, 2.75) is 12.3 Å². The number of hydrogen-bond acceptors (Lipinski definition) is 5. The molecule has 7 heteroatoms. The van der Waals surface area contributed by atoms with E-state index in [4.69, 9.17) is 0 Å². The minimum atomic E-state index is -0.713. The lowest BCUT2D eigenvalue weighted by Gasteiger charge is -2.06. The van der Waals surface area contributed by atoms with Gasteiger partial charge in [0.05, 0.1) is 16.1 Å². The van der Waals surface area contributed by atoms with E-state index in [1.54, 1.807) is 18.2 Å². The first-order valence-corrected chi connectivity index (χ1v) is 6.73. The largest absolute Gasteiger partial charge is 0.506 e. The predicted molar refractivity (Wildman–Crippen MR) is 76.6 cm³/mol. The van der Waals surface area contributed by atoms with E-state index in [0.717, 1.165) is 0 Å². The lowest BCUT2D eigenvalue weighted by Crippen LogP contribution is -2.09. The number of phenolic OH excluding ortho intramolecular Hbond substituents is 1. The van der Waals surface area contributed by atoms with Crippen LogP contribution in [-0.2, 0) is 9.59 Å². The second kappa shape index (κ2) is 5.29. The van der Waals surface area contributed by atoms with Crippen LogP contribution in [0.4, 0.5) is 0 Å². The molecule has 1 N–H and O–H groups in total. The Morgan fingerprint density at radius 1 is 1.39 bits per heavy atom. The second-order valence-electron chi connectivity index (χ2n) is 3.67. The Morgan fingerprint density at radius 3 is 2.67 bits per heavy atom. The maximum atomic E-state index is 11.4. The zero-order valence-corrected chi connectivity index (χ0v) is 11.6. The van der Waals surface area contributed by atoms with Crippen LogP contribution in [0.1, 0.15) is 17.3 Å². The maximum absolute atomic E-state index is 11.4. The molecule has 0 bridgehead atoms. The van der Waals surface area contributed by atoms with Crippen molar-refractivity contribution < 1.29 is 14.7 Å². The van der Waals surface area contributed by atoms with E-state index < -0.39 is 16.1 Å². The number of aromatic hydroxyl groups is 1. The van der Waals surface area contributed by atoms with E-state index in [0.29, 0.717) is 15.2 Å². The molecule has 18 heavy (non-hydrogen) atoms. The Morgan fingerprint density at radius 2 is 2.11 bits per heavy atom. The van der Waals surface area contributed by atoms with Gasteiger partial charge in [0.2, 0.25) is 0 Å². The van der Waals surface area contributed by atoms with Gasteiger partial charge in [-0.2, -0.15) is 0 Å². The Bertz CT molecular complexity index is 623. The molecule has 0 aliphatic carbocycles. The minimum Gasteiger partial charge on any atom is -0.506 e. The van der Waals surface area contributed by atoms with E-state index in [1.807, 2.05) is 0 Å². The van der Waals surface area contributed by atoms with Gasteiger partial charge in [-0.1, -0.05) is 6.07 Å². The first-order valence-electron chi connectivity index (χ1n) is 5.02. The molecular formula is C11H9NO3S3. The van der Waals surface area contributed by atoms with Crippen LogP contribution < -0.4 is 0 Å². The molecule has 0 radical (unpaired) electrons. The van der Waals surface area contributed by atoms with Gasteiger partial charge >= 0.3 is 0 Å². The summed E-state index contributed by atoms with van der Waals surface area (Å²) < 4.78 is 0.596. The summed E-state index contributed by atoms with van der Waals surface area (Å²) in [7, 11) is 0. The molecule has 1 aromatic carbocycles. The van der Waals surface area contributed by atoms with E-state index in [2.05, 4.69) is 30.2 Å². The average Bonchev–Trinajstić information content (AvgIpc) is 2.70. The van der Waals surface area contributed by atoms with Crippen molar-refractivity contribution in [2.75, 3.05) is 0 Å². The van der Waals surface area contributed by atoms with Gasteiger partial charge in [0.15, 0.2) is 10.2 Å². The highest BCUT2D eigenvalue weighted by Gasteiger charge is 2.24. The standard InChI is InChI=1S/C11H9NO3S3/c13-7-3-1-2-6-9(7)18-10(12-6)5(11(15)17)4-8(14)16/h1-3,5,13H,4H2,(H,14,16)(H,15,17). The van der Waals surface area contributed by atoms with E-state index in [9.17, 15) is 14.7 Å². The fourth-order valence-electron chi connectivity index (χ4n) is 1.56. The molecule has 0 fully saturated rings. The Labute approximate surface area is 118 Å². The summed E-state index contributed by atoms with van der Waals surface area (Å²) in [6.45, 7) is 0. The van der Waals surface area contributed by atoms with Crippen LogP contribution in [0.2, 0.25) is 0 Å². The number of hydrogen-bond donors (Lipinski definition) is 3. The molecule has 0 amide bonds. The molecule has 0 spiro atoms. The summed E-state index contributed by atoms with van der Waals surface area (Å²) >= 11 is 8.62. The van der Waals surface area contributed by atoms with Crippen LogP contribution >= 0.6 is 36.6 Å². The number of fused-ring (bicyclic) bond motifs is 1. The number of benzene rings is 1. The highest BCUT2D eigenvalue weighted by atomic mass is 32.1. The molecule has 1 aromatic heterocycles. The third kappa shape index (κ3) is 2.68. The third-order valence-electron chi connectivity index (χ3n) is 2.39. The number of thiazole rings is 1. The number of nitrogens with zero attached hydrogens (tertiary/aromatic N) is 1. The summed E-state index contributed by atoms with van der Waals surface area (Å²) in [6.07, 6.45) is -0.0496. The Balaban J connectivity index is 2.48. The molecule has 4 nitrogen and oxygen atoms in total. The van der Waals surface area contributed by atoms with E-state index in [-0.39, 0.29) is 12.2 Å². The van der Waals surface area contributed by atoms with E-state index >= 15 is 0 Å². The third-order valence-corrected chi connectivity index (χ3v) is 4.09. The van der Waals surface area contributed by atoms with Crippen molar-refractivity contribution >= 4 is 57.0 Å². The number of thiol groups is 2. The van der Waals surface area contributed by atoms with Crippen LogP contribution in [0.25, 0.3) is 10.2 Å². The quantitative estimate of drug-likeness (QED) is 0.758. The number of aromatic nitrogens is 1. The summed E-state index contributed by atoms with van der Waals surface area (Å²) in [5.41, 5.74) is 0.598. The van der Waals surface area contributed by atoms with Crippen molar-refractivity contribution in [1.29, 1.82) is 0 Å². The molecule has 0 aliphatic heterocycles. The molecule has 0 aliphatic rings. The van der Waals surface area contributed by atoms with Crippen molar-refractivity contribution in [3.63, 3.8) is 0 Å². The van der Waals surface area contributed by atoms with Gasteiger partial charge < -0.3 is 5.11 Å². The van der Waals surface area contributed by atoms with Gasteiger partial charge in [0, 0.05) is 6.42 Å².